The molecule has 1 aliphatic rings. The van der Waals surface area contributed by atoms with Crippen LogP contribution in [0.2, 0.25) is 0 Å². The summed E-state index contributed by atoms with van der Waals surface area (Å²) >= 11 is 0. The number of ether oxygens (including phenoxy) is 3. The molecule has 1 rings (SSSR count). The fourth-order valence-electron chi connectivity index (χ4n) is 2.65. The highest BCUT2D eigenvalue weighted by atomic mass is 16.7. The normalized spacial score (nSPS) is 29.7. The lowest BCUT2D eigenvalue weighted by Gasteiger charge is -2.46. The summed E-state index contributed by atoms with van der Waals surface area (Å²) in [4.78, 5) is 23.7. The molecule has 0 bridgehead atoms. The fraction of sp³-hybridized carbons (Fsp3) is 0.882. The number of hydrogen-bond donors (Lipinski definition) is 0. The Hall–Kier alpha value is -0.940. The molecule has 0 amide bonds. The standard InChI is InChI=1S/C17H30O5/c1-10(9-20-15(19)16(4,5)6)13-11(2)14(12(3)18)22-17(7,8)21-13/h10-11,13-14H,9H2,1-8H3/t10-,11-,13+,14+/m0/s1. The van der Waals surface area contributed by atoms with Crippen LogP contribution in [0.5, 0.6) is 0 Å². The predicted octanol–water partition coefficient (Wildman–Crippen LogP) is 2.96. The first-order valence-corrected chi connectivity index (χ1v) is 7.88. The van der Waals surface area contributed by atoms with E-state index in [0.717, 1.165) is 0 Å². The Bertz CT molecular complexity index is 421. The minimum absolute atomic E-state index is 0.00670. The summed E-state index contributed by atoms with van der Waals surface area (Å²) < 4.78 is 17.1. The molecule has 0 radical (unpaired) electrons. The van der Waals surface area contributed by atoms with Crippen LogP contribution in [0.4, 0.5) is 0 Å². The Labute approximate surface area is 133 Å². The summed E-state index contributed by atoms with van der Waals surface area (Å²) in [5, 5.41) is 0. The minimum Gasteiger partial charge on any atom is -0.465 e. The molecular weight excluding hydrogens is 284 g/mol. The van der Waals surface area contributed by atoms with Crippen molar-refractivity contribution in [3.05, 3.63) is 0 Å². The zero-order valence-corrected chi connectivity index (χ0v) is 15.1. The quantitative estimate of drug-likeness (QED) is 0.747. The lowest BCUT2D eigenvalue weighted by atomic mass is 9.86. The summed E-state index contributed by atoms with van der Waals surface area (Å²) in [7, 11) is 0. The first kappa shape index (κ1) is 19.1. The van der Waals surface area contributed by atoms with Gasteiger partial charge >= 0.3 is 5.97 Å². The Morgan fingerprint density at radius 1 is 1.23 bits per heavy atom. The number of carbonyl (C=O) groups is 2. The van der Waals surface area contributed by atoms with Gasteiger partial charge in [0.05, 0.1) is 18.1 Å². The molecule has 0 N–H and O–H groups in total. The molecule has 0 aromatic carbocycles. The minimum atomic E-state index is -0.824. The fourth-order valence-corrected chi connectivity index (χ4v) is 2.65. The summed E-state index contributed by atoms with van der Waals surface area (Å²) in [5.74, 6) is -1.18. The molecule has 1 fully saturated rings. The molecule has 1 heterocycles. The molecule has 4 atom stereocenters. The van der Waals surface area contributed by atoms with Crippen LogP contribution < -0.4 is 0 Å². The third-order valence-electron chi connectivity index (χ3n) is 3.88. The van der Waals surface area contributed by atoms with Crippen LogP contribution in [-0.4, -0.2) is 36.4 Å². The monoisotopic (exact) mass is 314 g/mol. The van der Waals surface area contributed by atoms with E-state index in [2.05, 4.69) is 0 Å². The summed E-state index contributed by atoms with van der Waals surface area (Å²) in [6, 6.07) is 0. The van der Waals surface area contributed by atoms with Gasteiger partial charge in [0, 0.05) is 11.8 Å². The highest BCUT2D eigenvalue weighted by Crippen LogP contribution is 2.35. The average molecular weight is 314 g/mol. The van der Waals surface area contributed by atoms with Crippen molar-refractivity contribution in [2.45, 2.75) is 73.4 Å². The largest absolute Gasteiger partial charge is 0.465 e. The van der Waals surface area contributed by atoms with Crippen LogP contribution in [-0.2, 0) is 23.8 Å². The maximum absolute atomic E-state index is 11.9. The van der Waals surface area contributed by atoms with E-state index in [1.807, 2.05) is 34.6 Å². The molecule has 5 heteroatoms. The van der Waals surface area contributed by atoms with Crippen molar-refractivity contribution in [3.8, 4) is 0 Å². The van der Waals surface area contributed by atoms with Gasteiger partial charge in [-0.3, -0.25) is 9.59 Å². The van der Waals surface area contributed by atoms with Crippen LogP contribution in [0.1, 0.15) is 55.4 Å². The Morgan fingerprint density at radius 2 is 1.77 bits per heavy atom. The SMILES string of the molecule is CC(=O)[C@@H]1OC(C)(C)O[C@H]([C@@H](C)COC(=O)C(C)(C)C)[C@@H]1C. The zero-order valence-electron chi connectivity index (χ0n) is 15.1. The van der Waals surface area contributed by atoms with Crippen LogP contribution in [0.15, 0.2) is 0 Å². The molecule has 5 nitrogen and oxygen atoms in total. The van der Waals surface area contributed by atoms with Crippen LogP contribution in [0.25, 0.3) is 0 Å². The Balaban J connectivity index is 2.76. The number of ketones is 1. The zero-order chi connectivity index (χ0) is 17.3. The van der Waals surface area contributed by atoms with E-state index in [9.17, 15) is 9.59 Å². The van der Waals surface area contributed by atoms with Crippen molar-refractivity contribution in [1.29, 1.82) is 0 Å². The third kappa shape index (κ3) is 4.78. The van der Waals surface area contributed by atoms with E-state index in [1.54, 1.807) is 13.8 Å². The van der Waals surface area contributed by atoms with Crippen LogP contribution in [0.3, 0.4) is 0 Å². The second-order valence-corrected chi connectivity index (χ2v) is 7.82. The predicted molar refractivity (Wildman–Crippen MR) is 83.2 cm³/mol. The van der Waals surface area contributed by atoms with Gasteiger partial charge in [-0.2, -0.15) is 0 Å². The van der Waals surface area contributed by atoms with Gasteiger partial charge in [-0.25, -0.2) is 0 Å². The number of hydrogen-bond acceptors (Lipinski definition) is 5. The Morgan fingerprint density at radius 3 is 2.23 bits per heavy atom. The van der Waals surface area contributed by atoms with E-state index in [0.29, 0.717) is 0 Å². The molecule has 0 aromatic heterocycles. The van der Waals surface area contributed by atoms with Crippen molar-refractivity contribution in [3.63, 3.8) is 0 Å². The van der Waals surface area contributed by atoms with Gasteiger partial charge < -0.3 is 14.2 Å². The molecule has 0 spiro atoms. The number of carbonyl (C=O) groups excluding carboxylic acids is 2. The molecule has 0 aliphatic carbocycles. The van der Waals surface area contributed by atoms with Gasteiger partial charge in [0.1, 0.15) is 6.10 Å². The van der Waals surface area contributed by atoms with E-state index in [-0.39, 0.29) is 36.3 Å². The highest BCUT2D eigenvalue weighted by molar-refractivity contribution is 5.81. The molecule has 0 unspecified atom stereocenters. The smallest absolute Gasteiger partial charge is 0.311 e. The molecule has 0 saturated carbocycles. The average Bonchev–Trinajstić information content (AvgIpc) is 2.36. The maximum Gasteiger partial charge on any atom is 0.311 e. The summed E-state index contributed by atoms with van der Waals surface area (Å²) in [5.41, 5.74) is -0.525. The van der Waals surface area contributed by atoms with Gasteiger partial charge in [-0.1, -0.05) is 13.8 Å². The van der Waals surface area contributed by atoms with Gasteiger partial charge in [-0.15, -0.1) is 0 Å². The molecule has 1 aliphatic heterocycles. The Kier molecular flexibility index (Phi) is 5.79. The van der Waals surface area contributed by atoms with Crippen molar-refractivity contribution < 1.29 is 23.8 Å². The van der Waals surface area contributed by atoms with Gasteiger partial charge in [-0.05, 0) is 41.5 Å². The molecular formula is C17H30O5. The first-order valence-electron chi connectivity index (χ1n) is 7.88. The van der Waals surface area contributed by atoms with Crippen molar-refractivity contribution >= 4 is 11.8 Å². The summed E-state index contributed by atoms with van der Waals surface area (Å²) in [6.07, 6.45) is -0.695. The molecule has 22 heavy (non-hydrogen) atoms. The number of rotatable bonds is 4. The van der Waals surface area contributed by atoms with Crippen LogP contribution >= 0.6 is 0 Å². The molecule has 128 valence electrons. The van der Waals surface area contributed by atoms with Crippen molar-refractivity contribution in [1.82, 2.24) is 0 Å². The number of esters is 1. The van der Waals surface area contributed by atoms with E-state index in [4.69, 9.17) is 14.2 Å². The molecule has 0 aromatic rings. The van der Waals surface area contributed by atoms with Crippen LogP contribution in [0, 0.1) is 17.3 Å². The molecule has 1 saturated heterocycles. The van der Waals surface area contributed by atoms with E-state index >= 15 is 0 Å². The lowest BCUT2D eigenvalue weighted by molar-refractivity contribution is -0.320. The van der Waals surface area contributed by atoms with Gasteiger partial charge in [0.15, 0.2) is 11.6 Å². The van der Waals surface area contributed by atoms with E-state index < -0.39 is 17.3 Å². The maximum atomic E-state index is 11.9. The topological polar surface area (TPSA) is 61.8 Å². The van der Waals surface area contributed by atoms with Crippen molar-refractivity contribution in [2.24, 2.45) is 17.3 Å². The van der Waals surface area contributed by atoms with Crippen molar-refractivity contribution in [2.75, 3.05) is 6.61 Å². The number of Topliss-reactive ketones (excluding diaryl/α,β-unsaturated/α-hetero) is 1. The third-order valence-corrected chi connectivity index (χ3v) is 3.88. The van der Waals surface area contributed by atoms with Gasteiger partial charge in [0.2, 0.25) is 0 Å². The first-order chi connectivity index (χ1) is 9.85. The lowest BCUT2D eigenvalue weighted by Crippen LogP contribution is -2.55. The van der Waals surface area contributed by atoms with Gasteiger partial charge in [0.25, 0.3) is 0 Å². The second-order valence-electron chi connectivity index (χ2n) is 7.82. The second kappa shape index (κ2) is 6.67. The highest BCUT2D eigenvalue weighted by Gasteiger charge is 2.45. The van der Waals surface area contributed by atoms with E-state index in [1.165, 1.54) is 6.92 Å². The summed E-state index contributed by atoms with van der Waals surface area (Å²) in [6.45, 7) is 14.8.